The fourth-order valence-corrected chi connectivity index (χ4v) is 2.80. The second kappa shape index (κ2) is 6.71. The molecule has 0 radical (unpaired) electrons. The molecule has 2 rings (SSSR count). The van der Waals surface area contributed by atoms with E-state index in [-0.39, 0.29) is 18.7 Å². The molecule has 0 saturated carbocycles. The summed E-state index contributed by atoms with van der Waals surface area (Å²) in [5, 5.41) is 13.9. The van der Waals surface area contributed by atoms with Crippen molar-refractivity contribution in [2.24, 2.45) is 0 Å². The number of amides is 1. The number of hydrogen-bond donors (Lipinski definition) is 2. The van der Waals surface area contributed by atoms with Crippen LogP contribution in [0.25, 0.3) is 10.6 Å². The molecule has 1 unspecified atom stereocenters. The maximum Gasteiger partial charge on any atom is 0.305 e. The number of furan rings is 1. The summed E-state index contributed by atoms with van der Waals surface area (Å²) in [5.74, 6) is -1.45. The normalized spacial score (nSPS) is 13.5. The molecule has 0 fully saturated rings. The van der Waals surface area contributed by atoms with Gasteiger partial charge < -0.3 is 19.6 Å². The summed E-state index contributed by atoms with van der Waals surface area (Å²) in [7, 11) is 1.45. The van der Waals surface area contributed by atoms with E-state index in [9.17, 15) is 9.59 Å². The maximum atomic E-state index is 12.3. The molecule has 0 aliphatic rings. The van der Waals surface area contributed by atoms with Gasteiger partial charge in [-0.2, -0.15) is 0 Å². The van der Waals surface area contributed by atoms with Gasteiger partial charge in [0.25, 0.3) is 5.91 Å². The van der Waals surface area contributed by atoms with Crippen molar-refractivity contribution in [1.29, 1.82) is 0 Å². The van der Waals surface area contributed by atoms with Crippen molar-refractivity contribution in [2.75, 3.05) is 13.7 Å². The summed E-state index contributed by atoms with van der Waals surface area (Å²) in [5.41, 5.74) is 0.0139. The van der Waals surface area contributed by atoms with Gasteiger partial charge in [-0.25, -0.2) is 4.98 Å². The lowest BCUT2D eigenvalue weighted by Gasteiger charge is -2.28. The molecule has 22 heavy (non-hydrogen) atoms. The predicted molar refractivity (Wildman–Crippen MR) is 79.8 cm³/mol. The van der Waals surface area contributed by atoms with Gasteiger partial charge in [0.15, 0.2) is 0 Å². The Morgan fingerprint density at radius 3 is 2.91 bits per heavy atom. The number of ether oxygens (including phenoxy) is 1. The molecule has 1 amide bonds. The quantitative estimate of drug-likeness (QED) is 0.808. The van der Waals surface area contributed by atoms with Gasteiger partial charge in [-0.3, -0.25) is 9.59 Å². The third-order valence-electron chi connectivity index (χ3n) is 2.92. The number of carbonyl (C=O) groups excluding carboxylic acids is 1. The highest BCUT2D eigenvalue weighted by Gasteiger charge is 2.30. The highest BCUT2D eigenvalue weighted by molar-refractivity contribution is 7.13. The number of aliphatic carboxylic acids is 1. The van der Waals surface area contributed by atoms with Crippen molar-refractivity contribution in [3.8, 4) is 10.6 Å². The summed E-state index contributed by atoms with van der Waals surface area (Å²) in [6.07, 6.45) is 2.82. The standard InChI is InChI=1S/C14H16N2O5S/c1-14(8-20-2,5-11(17)18)16-12(19)10-7-22-13(15-10)9-3-4-21-6-9/h3-4,6-7H,5,8H2,1-2H3,(H,16,19)(H,17,18). The summed E-state index contributed by atoms with van der Waals surface area (Å²) >= 11 is 1.31. The van der Waals surface area contributed by atoms with Crippen LogP contribution in [-0.2, 0) is 9.53 Å². The minimum Gasteiger partial charge on any atom is -0.481 e. The van der Waals surface area contributed by atoms with E-state index >= 15 is 0 Å². The number of rotatable bonds is 7. The van der Waals surface area contributed by atoms with Crippen molar-refractivity contribution < 1.29 is 23.8 Å². The van der Waals surface area contributed by atoms with Crippen molar-refractivity contribution in [2.45, 2.75) is 18.9 Å². The Hall–Kier alpha value is -2.19. The van der Waals surface area contributed by atoms with Gasteiger partial charge in [-0.05, 0) is 13.0 Å². The monoisotopic (exact) mass is 324 g/mol. The number of aromatic nitrogens is 1. The highest BCUT2D eigenvalue weighted by atomic mass is 32.1. The molecule has 1 atom stereocenters. The Kier molecular flexibility index (Phi) is 4.94. The molecule has 2 heterocycles. The topological polar surface area (TPSA) is 102 Å². The zero-order valence-electron chi connectivity index (χ0n) is 12.2. The number of carbonyl (C=O) groups is 2. The lowest BCUT2D eigenvalue weighted by atomic mass is 9.99. The first-order valence-electron chi connectivity index (χ1n) is 6.45. The molecule has 0 aliphatic carbocycles. The van der Waals surface area contributed by atoms with Crippen molar-refractivity contribution >= 4 is 23.2 Å². The van der Waals surface area contributed by atoms with Gasteiger partial charge in [0, 0.05) is 18.1 Å². The van der Waals surface area contributed by atoms with E-state index in [0.29, 0.717) is 5.01 Å². The molecule has 7 nitrogen and oxygen atoms in total. The van der Waals surface area contributed by atoms with E-state index in [2.05, 4.69) is 10.3 Å². The van der Waals surface area contributed by atoms with Gasteiger partial charge in [0.05, 0.1) is 24.8 Å². The summed E-state index contributed by atoms with van der Waals surface area (Å²) in [6.45, 7) is 1.70. The summed E-state index contributed by atoms with van der Waals surface area (Å²) in [4.78, 5) is 27.4. The van der Waals surface area contributed by atoms with Crippen molar-refractivity contribution in [1.82, 2.24) is 10.3 Å². The van der Waals surface area contributed by atoms with Crippen molar-refractivity contribution in [3.63, 3.8) is 0 Å². The first kappa shape index (κ1) is 16.2. The molecule has 0 bridgehead atoms. The highest BCUT2D eigenvalue weighted by Crippen LogP contribution is 2.24. The Labute approximate surface area is 130 Å². The molecule has 2 N–H and O–H groups in total. The lowest BCUT2D eigenvalue weighted by molar-refractivity contribution is -0.139. The molecule has 0 aromatic carbocycles. The van der Waals surface area contributed by atoms with Gasteiger partial charge >= 0.3 is 5.97 Å². The van der Waals surface area contributed by atoms with Crippen LogP contribution < -0.4 is 5.32 Å². The minimum absolute atomic E-state index is 0.0871. The fourth-order valence-electron chi connectivity index (χ4n) is 2.02. The second-order valence-corrected chi connectivity index (χ2v) is 5.93. The zero-order chi connectivity index (χ0) is 16.2. The Morgan fingerprint density at radius 1 is 1.55 bits per heavy atom. The molecule has 8 heteroatoms. The van der Waals surface area contributed by atoms with E-state index < -0.39 is 17.4 Å². The van der Waals surface area contributed by atoms with Crippen LogP contribution in [0.3, 0.4) is 0 Å². The van der Waals surface area contributed by atoms with E-state index in [4.69, 9.17) is 14.3 Å². The largest absolute Gasteiger partial charge is 0.481 e. The summed E-state index contributed by atoms with van der Waals surface area (Å²) in [6, 6.07) is 1.75. The molecule has 0 saturated heterocycles. The number of nitrogens with zero attached hydrogens (tertiary/aromatic N) is 1. The zero-order valence-corrected chi connectivity index (χ0v) is 13.0. The number of nitrogens with one attached hydrogen (secondary N) is 1. The van der Waals surface area contributed by atoms with Gasteiger partial charge in [0.2, 0.25) is 0 Å². The lowest BCUT2D eigenvalue weighted by Crippen LogP contribution is -2.50. The molecular formula is C14H16N2O5S. The molecule has 118 valence electrons. The smallest absolute Gasteiger partial charge is 0.305 e. The van der Waals surface area contributed by atoms with E-state index in [1.54, 1.807) is 24.6 Å². The summed E-state index contributed by atoms with van der Waals surface area (Å²) < 4.78 is 9.98. The number of carboxylic acids is 1. The average molecular weight is 324 g/mol. The number of methoxy groups -OCH3 is 1. The van der Waals surface area contributed by atoms with Crippen LogP contribution in [0.1, 0.15) is 23.8 Å². The molecular weight excluding hydrogens is 308 g/mol. The van der Waals surface area contributed by atoms with Crippen LogP contribution in [-0.4, -0.2) is 41.2 Å². The third kappa shape index (κ3) is 3.92. The van der Waals surface area contributed by atoms with Gasteiger partial charge in [-0.15, -0.1) is 11.3 Å². The molecule has 2 aromatic heterocycles. The van der Waals surface area contributed by atoms with Crippen LogP contribution in [0.4, 0.5) is 0 Å². The van der Waals surface area contributed by atoms with Crippen LogP contribution in [0, 0.1) is 0 Å². The molecule has 2 aromatic rings. The fraction of sp³-hybridized carbons (Fsp3) is 0.357. The maximum absolute atomic E-state index is 12.3. The Morgan fingerprint density at radius 2 is 2.32 bits per heavy atom. The second-order valence-electron chi connectivity index (χ2n) is 5.07. The van der Waals surface area contributed by atoms with E-state index in [0.717, 1.165) is 5.56 Å². The number of hydrogen-bond acceptors (Lipinski definition) is 6. The van der Waals surface area contributed by atoms with Gasteiger partial charge in [0.1, 0.15) is 17.0 Å². The van der Waals surface area contributed by atoms with E-state index in [1.165, 1.54) is 24.7 Å². The van der Waals surface area contributed by atoms with Gasteiger partial charge in [-0.1, -0.05) is 0 Å². The molecule has 0 aliphatic heterocycles. The van der Waals surface area contributed by atoms with Crippen LogP contribution in [0.2, 0.25) is 0 Å². The van der Waals surface area contributed by atoms with Crippen LogP contribution in [0.15, 0.2) is 28.4 Å². The SMILES string of the molecule is COCC(C)(CC(=O)O)NC(=O)c1csc(-c2ccoc2)n1. The number of carboxylic acid groups (broad SMARTS) is 1. The first-order chi connectivity index (χ1) is 10.4. The van der Waals surface area contributed by atoms with Crippen LogP contribution >= 0.6 is 11.3 Å². The van der Waals surface area contributed by atoms with Crippen LogP contribution in [0.5, 0.6) is 0 Å². The predicted octanol–water partition coefficient (Wildman–Crippen LogP) is 2.01. The molecule has 0 spiro atoms. The Bertz CT molecular complexity index is 652. The van der Waals surface area contributed by atoms with Crippen molar-refractivity contribution in [3.05, 3.63) is 29.7 Å². The first-order valence-corrected chi connectivity index (χ1v) is 7.33. The average Bonchev–Trinajstić information content (AvgIpc) is 3.09. The Balaban J connectivity index is 2.12. The minimum atomic E-state index is -1.02. The van der Waals surface area contributed by atoms with E-state index in [1.807, 2.05) is 0 Å². The number of thiazole rings is 1. The third-order valence-corrected chi connectivity index (χ3v) is 3.82.